The number of carbonyl (C=O) groups excluding carboxylic acids is 1. The maximum absolute atomic E-state index is 12.1. The molecule has 1 amide bonds. The molecule has 2 heterocycles. The van der Waals surface area contributed by atoms with Gasteiger partial charge in [0, 0.05) is 26.7 Å². The second-order valence-corrected chi connectivity index (χ2v) is 4.88. The number of aliphatic hydroxyl groups excluding tert-OH is 1. The third-order valence-corrected chi connectivity index (χ3v) is 3.42. The molecule has 0 atom stereocenters. The van der Waals surface area contributed by atoms with Gasteiger partial charge in [0.05, 0.1) is 6.61 Å². The van der Waals surface area contributed by atoms with Crippen LogP contribution in [0.15, 0.2) is 18.2 Å². The van der Waals surface area contributed by atoms with E-state index < -0.39 is 0 Å². The fourth-order valence-corrected chi connectivity index (χ4v) is 2.29. The van der Waals surface area contributed by atoms with Gasteiger partial charge in [0.15, 0.2) is 0 Å². The lowest BCUT2D eigenvalue weighted by atomic mass is 10.1. The van der Waals surface area contributed by atoms with Crippen LogP contribution >= 0.6 is 0 Å². The monoisotopic (exact) mass is 263 g/mol. The van der Waals surface area contributed by atoms with Gasteiger partial charge in [0.2, 0.25) is 0 Å². The van der Waals surface area contributed by atoms with Gasteiger partial charge in [-0.25, -0.2) is 4.98 Å². The predicted octanol–water partition coefficient (Wildman–Crippen LogP) is 1.14. The first-order chi connectivity index (χ1) is 9.22. The van der Waals surface area contributed by atoms with Crippen molar-refractivity contribution in [3.63, 3.8) is 0 Å². The summed E-state index contributed by atoms with van der Waals surface area (Å²) in [7, 11) is 1.67. The minimum absolute atomic E-state index is 0.0337. The third-order valence-electron chi connectivity index (χ3n) is 3.42. The van der Waals surface area contributed by atoms with E-state index in [9.17, 15) is 4.79 Å². The summed E-state index contributed by atoms with van der Waals surface area (Å²) >= 11 is 0. The van der Waals surface area contributed by atoms with Crippen LogP contribution in [0.1, 0.15) is 29.8 Å². The Labute approximate surface area is 113 Å². The molecule has 1 aliphatic heterocycles. The zero-order chi connectivity index (χ0) is 13.7. The Balaban J connectivity index is 2.12. The molecule has 0 bridgehead atoms. The molecule has 19 heavy (non-hydrogen) atoms. The number of piperidine rings is 1. The fraction of sp³-hybridized carbons (Fsp3) is 0.571. The van der Waals surface area contributed by atoms with Crippen molar-refractivity contribution < 1.29 is 9.90 Å². The van der Waals surface area contributed by atoms with Gasteiger partial charge in [-0.05, 0) is 31.4 Å². The van der Waals surface area contributed by atoms with Crippen molar-refractivity contribution in [1.82, 2.24) is 9.88 Å². The van der Waals surface area contributed by atoms with Crippen molar-refractivity contribution in [2.24, 2.45) is 0 Å². The van der Waals surface area contributed by atoms with Gasteiger partial charge in [-0.3, -0.25) is 4.79 Å². The van der Waals surface area contributed by atoms with Crippen molar-refractivity contribution >= 4 is 11.7 Å². The molecule has 1 aliphatic rings. The van der Waals surface area contributed by atoms with E-state index >= 15 is 0 Å². The average Bonchev–Trinajstić information content (AvgIpc) is 2.48. The molecule has 0 aromatic carbocycles. The van der Waals surface area contributed by atoms with E-state index in [1.165, 1.54) is 24.2 Å². The van der Waals surface area contributed by atoms with Crippen molar-refractivity contribution in [1.29, 1.82) is 0 Å². The van der Waals surface area contributed by atoms with E-state index in [0.29, 0.717) is 12.2 Å². The number of aromatic nitrogens is 1. The largest absolute Gasteiger partial charge is 0.395 e. The van der Waals surface area contributed by atoms with Crippen LogP contribution in [0.25, 0.3) is 0 Å². The molecule has 0 spiro atoms. The van der Waals surface area contributed by atoms with Crippen molar-refractivity contribution in [3.8, 4) is 0 Å². The summed E-state index contributed by atoms with van der Waals surface area (Å²) in [4.78, 5) is 20.3. The summed E-state index contributed by atoms with van der Waals surface area (Å²) in [5, 5.41) is 8.87. The van der Waals surface area contributed by atoms with Gasteiger partial charge in [0.25, 0.3) is 5.91 Å². The number of hydrogen-bond donors (Lipinski definition) is 1. The quantitative estimate of drug-likeness (QED) is 0.885. The van der Waals surface area contributed by atoms with Gasteiger partial charge in [-0.1, -0.05) is 6.07 Å². The van der Waals surface area contributed by atoms with Crippen LogP contribution in [0.3, 0.4) is 0 Å². The number of anilines is 1. The van der Waals surface area contributed by atoms with E-state index in [0.717, 1.165) is 18.9 Å². The maximum Gasteiger partial charge on any atom is 0.272 e. The Hall–Kier alpha value is -1.62. The number of hydrogen-bond acceptors (Lipinski definition) is 4. The normalized spacial score (nSPS) is 15.4. The first-order valence-electron chi connectivity index (χ1n) is 6.80. The molecule has 1 fully saturated rings. The van der Waals surface area contributed by atoms with Crippen LogP contribution < -0.4 is 4.90 Å². The third kappa shape index (κ3) is 3.44. The molecule has 1 aromatic heterocycles. The number of likely N-dealkylation sites (N-methyl/N-ethyl adjacent to an activating group) is 1. The van der Waals surface area contributed by atoms with E-state index in [1.807, 2.05) is 12.1 Å². The Morgan fingerprint density at radius 3 is 2.79 bits per heavy atom. The molecular formula is C14H21N3O2. The summed E-state index contributed by atoms with van der Waals surface area (Å²) in [5.74, 6) is 0.732. The van der Waals surface area contributed by atoms with Crippen LogP contribution in [0.2, 0.25) is 0 Å². The maximum atomic E-state index is 12.1. The second-order valence-electron chi connectivity index (χ2n) is 4.88. The molecule has 1 aromatic rings. The van der Waals surface area contributed by atoms with Gasteiger partial charge < -0.3 is 14.9 Å². The van der Waals surface area contributed by atoms with Crippen molar-refractivity contribution in [3.05, 3.63) is 23.9 Å². The number of rotatable bonds is 4. The molecule has 0 aliphatic carbocycles. The lowest BCUT2D eigenvalue weighted by Gasteiger charge is -2.28. The molecule has 2 rings (SSSR count). The summed E-state index contributed by atoms with van der Waals surface area (Å²) in [5.41, 5.74) is 0.444. The summed E-state index contributed by atoms with van der Waals surface area (Å²) in [6.07, 6.45) is 3.64. The van der Waals surface area contributed by atoms with Gasteiger partial charge >= 0.3 is 0 Å². The van der Waals surface area contributed by atoms with Gasteiger partial charge in [0.1, 0.15) is 11.5 Å². The minimum atomic E-state index is -0.145. The van der Waals surface area contributed by atoms with Crippen LogP contribution in [-0.4, -0.2) is 54.2 Å². The Morgan fingerprint density at radius 1 is 1.37 bits per heavy atom. The van der Waals surface area contributed by atoms with Gasteiger partial charge in [-0.2, -0.15) is 0 Å². The number of pyridine rings is 1. The highest BCUT2D eigenvalue weighted by Crippen LogP contribution is 2.18. The van der Waals surface area contributed by atoms with E-state index in [-0.39, 0.29) is 12.5 Å². The van der Waals surface area contributed by atoms with Crippen molar-refractivity contribution in [2.75, 3.05) is 38.2 Å². The first kappa shape index (κ1) is 13.8. The Bertz CT molecular complexity index is 430. The summed E-state index contributed by atoms with van der Waals surface area (Å²) in [6.45, 7) is 2.32. The summed E-state index contributed by atoms with van der Waals surface area (Å²) < 4.78 is 0. The molecule has 104 valence electrons. The number of nitrogens with zero attached hydrogens (tertiary/aromatic N) is 3. The van der Waals surface area contributed by atoms with Crippen LogP contribution in [-0.2, 0) is 0 Å². The zero-order valence-corrected chi connectivity index (χ0v) is 11.4. The lowest BCUT2D eigenvalue weighted by molar-refractivity contribution is 0.0761. The minimum Gasteiger partial charge on any atom is -0.395 e. The van der Waals surface area contributed by atoms with Crippen molar-refractivity contribution in [2.45, 2.75) is 19.3 Å². The molecule has 1 saturated heterocycles. The van der Waals surface area contributed by atoms with E-state index in [1.54, 1.807) is 13.1 Å². The van der Waals surface area contributed by atoms with E-state index in [4.69, 9.17) is 5.11 Å². The molecule has 5 heteroatoms. The second kappa shape index (κ2) is 6.52. The van der Waals surface area contributed by atoms with Crippen LogP contribution in [0, 0.1) is 0 Å². The predicted molar refractivity (Wildman–Crippen MR) is 74.3 cm³/mol. The first-order valence-corrected chi connectivity index (χ1v) is 6.80. The van der Waals surface area contributed by atoms with Gasteiger partial charge in [-0.15, -0.1) is 0 Å². The SMILES string of the molecule is CN(CCO)C(=O)c1cccc(N2CCCCC2)n1. The summed E-state index contributed by atoms with van der Waals surface area (Å²) in [6, 6.07) is 5.55. The molecule has 0 saturated carbocycles. The molecule has 0 unspecified atom stereocenters. The molecular weight excluding hydrogens is 242 g/mol. The lowest BCUT2D eigenvalue weighted by Crippen LogP contribution is -2.32. The Kier molecular flexibility index (Phi) is 4.74. The van der Waals surface area contributed by atoms with Crippen LogP contribution in [0.4, 0.5) is 5.82 Å². The fourth-order valence-electron chi connectivity index (χ4n) is 2.29. The highest BCUT2D eigenvalue weighted by atomic mass is 16.3. The molecule has 0 radical (unpaired) electrons. The molecule has 5 nitrogen and oxygen atoms in total. The van der Waals surface area contributed by atoms with E-state index in [2.05, 4.69) is 9.88 Å². The Morgan fingerprint density at radius 2 is 2.11 bits per heavy atom. The number of carbonyl (C=O) groups is 1. The number of amides is 1. The highest BCUT2D eigenvalue weighted by Gasteiger charge is 2.16. The average molecular weight is 263 g/mol. The van der Waals surface area contributed by atoms with Crippen LogP contribution in [0.5, 0.6) is 0 Å². The smallest absolute Gasteiger partial charge is 0.272 e. The standard InChI is InChI=1S/C14H21N3O2/c1-16(10-11-18)14(19)12-6-5-7-13(15-12)17-8-3-2-4-9-17/h5-7,18H,2-4,8-11H2,1H3. The topological polar surface area (TPSA) is 56.7 Å². The zero-order valence-electron chi connectivity index (χ0n) is 11.4. The number of aliphatic hydroxyl groups is 1. The highest BCUT2D eigenvalue weighted by molar-refractivity contribution is 5.92. The molecule has 1 N–H and O–H groups in total.